The van der Waals surface area contributed by atoms with Crippen molar-refractivity contribution < 1.29 is 0 Å². The van der Waals surface area contributed by atoms with E-state index in [1.54, 1.807) is 0 Å². The normalized spacial score (nSPS) is 15.8. The molecule has 16 heavy (non-hydrogen) atoms. The predicted octanol–water partition coefficient (Wildman–Crippen LogP) is 2.90. The molecule has 2 heteroatoms. The minimum atomic E-state index is 0.629. The van der Waals surface area contributed by atoms with Crippen LogP contribution in [0, 0.1) is 5.92 Å². The summed E-state index contributed by atoms with van der Waals surface area (Å²) in [7, 11) is 0. The zero-order valence-corrected chi connectivity index (χ0v) is 9.52. The molecule has 0 bridgehead atoms. The average molecular weight is 214 g/mol. The number of fused-ring (bicyclic) bond motifs is 1. The largest absolute Gasteiger partial charge is 0.347 e. The molecule has 0 aliphatic heterocycles. The molecule has 1 aliphatic rings. The maximum Gasteiger partial charge on any atom is 0.0483 e. The molecular weight excluding hydrogens is 196 g/mol. The molecule has 1 fully saturated rings. The molecule has 1 saturated carbocycles. The van der Waals surface area contributed by atoms with Crippen molar-refractivity contribution in [3.05, 3.63) is 36.0 Å². The SMILES string of the molecule is NCc1cccc2c1ccn2CCC1CC1. The fourth-order valence-electron chi connectivity index (χ4n) is 2.39. The second-order valence-electron chi connectivity index (χ2n) is 4.80. The van der Waals surface area contributed by atoms with Gasteiger partial charge < -0.3 is 10.3 Å². The summed E-state index contributed by atoms with van der Waals surface area (Å²) in [6, 6.07) is 8.62. The lowest BCUT2D eigenvalue weighted by atomic mass is 10.1. The first-order valence-electron chi connectivity index (χ1n) is 6.15. The van der Waals surface area contributed by atoms with E-state index in [-0.39, 0.29) is 0 Å². The summed E-state index contributed by atoms with van der Waals surface area (Å²) in [5.41, 5.74) is 8.34. The third-order valence-corrected chi connectivity index (χ3v) is 3.60. The van der Waals surface area contributed by atoms with Gasteiger partial charge in [-0.2, -0.15) is 0 Å². The van der Waals surface area contributed by atoms with Gasteiger partial charge >= 0.3 is 0 Å². The van der Waals surface area contributed by atoms with Gasteiger partial charge in [-0.1, -0.05) is 25.0 Å². The average Bonchev–Trinajstić information content (AvgIpc) is 3.06. The molecule has 84 valence electrons. The molecule has 0 unspecified atom stereocenters. The van der Waals surface area contributed by atoms with Crippen molar-refractivity contribution in [2.24, 2.45) is 11.7 Å². The van der Waals surface area contributed by atoms with E-state index in [1.807, 2.05) is 0 Å². The summed E-state index contributed by atoms with van der Waals surface area (Å²) >= 11 is 0. The van der Waals surface area contributed by atoms with Crippen molar-refractivity contribution in [3.63, 3.8) is 0 Å². The van der Waals surface area contributed by atoms with E-state index < -0.39 is 0 Å². The molecule has 0 spiro atoms. The van der Waals surface area contributed by atoms with Gasteiger partial charge in [0.25, 0.3) is 0 Å². The van der Waals surface area contributed by atoms with E-state index >= 15 is 0 Å². The second kappa shape index (κ2) is 3.95. The summed E-state index contributed by atoms with van der Waals surface area (Å²) < 4.78 is 2.37. The Hall–Kier alpha value is -1.28. The molecule has 3 rings (SSSR count). The number of rotatable bonds is 4. The minimum absolute atomic E-state index is 0.629. The quantitative estimate of drug-likeness (QED) is 0.833. The number of hydrogen-bond donors (Lipinski definition) is 1. The van der Waals surface area contributed by atoms with Gasteiger partial charge in [0.05, 0.1) is 0 Å². The van der Waals surface area contributed by atoms with E-state index in [4.69, 9.17) is 5.73 Å². The van der Waals surface area contributed by atoms with Crippen LogP contribution in [0.5, 0.6) is 0 Å². The minimum Gasteiger partial charge on any atom is -0.347 e. The zero-order valence-electron chi connectivity index (χ0n) is 9.52. The van der Waals surface area contributed by atoms with Crippen molar-refractivity contribution in [2.75, 3.05) is 0 Å². The van der Waals surface area contributed by atoms with E-state index in [0.29, 0.717) is 6.54 Å². The Morgan fingerprint density at radius 3 is 2.88 bits per heavy atom. The fraction of sp³-hybridized carbons (Fsp3) is 0.429. The van der Waals surface area contributed by atoms with Gasteiger partial charge in [0.2, 0.25) is 0 Å². The van der Waals surface area contributed by atoms with E-state index in [9.17, 15) is 0 Å². The Bertz CT molecular complexity index is 494. The maximum atomic E-state index is 5.75. The van der Waals surface area contributed by atoms with Gasteiger partial charge in [0, 0.05) is 30.2 Å². The molecular formula is C14H18N2. The van der Waals surface area contributed by atoms with Crippen molar-refractivity contribution >= 4 is 10.9 Å². The van der Waals surface area contributed by atoms with Crippen molar-refractivity contribution in [2.45, 2.75) is 32.4 Å². The van der Waals surface area contributed by atoms with Crippen LogP contribution in [0.1, 0.15) is 24.8 Å². The Balaban J connectivity index is 1.92. The Morgan fingerprint density at radius 1 is 1.25 bits per heavy atom. The number of nitrogens with zero attached hydrogens (tertiary/aromatic N) is 1. The Kier molecular flexibility index (Phi) is 2.44. The molecule has 2 nitrogen and oxygen atoms in total. The van der Waals surface area contributed by atoms with Gasteiger partial charge in [0.15, 0.2) is 0 Å². The van der Waals surface area contributed by atoms with Gasteiger partial charge in [-0.25, -0.2) is 0 Å². The zero-order chi connectivity index (χ0) is 11.0. The summed E-state index contributed by atoms with van der Waals surface area (Å²) in [6.07, 6.45) is 6.41. The van der Waals surface area contributed by atoms with Crippen molar-refractivity contribution in [3.8, 4) is 0 Å². The summed E-state index contributed by atoms with van der Waals surface area (Å²) in [6.45, 7) is 1.78. The highest BCUT2D eigenvalue weighted by molar-refractivity contribution is 5.83. The highest BCUT2D eigenvalue weighted by atomic mass is 14.9. The first kappa shape index (κ1) is 9.91. The molecule has 0 atom stereocenters. The van der Waals surface area contributed by atoms with Crippen LogP contribution >= 0.6 is 0 Å². The Labute approximate surface area is 96.1 Å². The van der Waals surface area contributed by atoms with Crippen LogP contribution in [0.3, 0.4) is 0 Å². The molecule has 2 aromatic rings. The Morgan fingerprint density at radius 2 is 2.12 bits per heavy atom. The van der Waals surface area contributed by atoms with Gasteiger partial charge in [-0.3, -0.25) is 0 Å². The van der Waals surface area contributed by atoms with Gasteiger partial charge in [0.1, 0.15) is 0 Å². The first-order valence-corrected chi connectivity index (χ1v) is 6.15. The first-order chi connectivity index (χ1) is 7.88. The molecule has 0 saturated heterocycles. The molecule has 1 aromatic carbocycles. The number of benzene rings is 1. The number of aromatic nitrogens is 1. The third-order valence-electron chi connectivity index (χ3n) is 3.60. The summed E-state index contributed by atoms with van der Waals surface area (Å²) in [5.74, 6) is 0.996. The number of aryl methyl sites for hydroxylation is 1. The fourth-order valence-corrected chi connectivity index (χ4v) is 2.39. The van der Waals surface area contributed by atoms with Crippen LogP contribution in [0.25, 0.3) is 10.9 Å². The lowest BCUT2D eigenvalue weighted by Gasteiger charge is -2.05. The molecule has 1 aliphatic carbocycles. The van der Waals surface area contributed by atoms with Crippen LogP contribution in [-0.2, 0) is 13.1 Å². The van der Waals surface area contributed by atoms with Gasteiger partial charge in [-0.15, -0.1) is 0 Å². The molecule has 1 heterocycles. The smallest absolute Gasteiger partial charge is 0.0483 e. The predicted molar refractivity (Wildman–Crippen MR) is 67.2 cm³/mol. The third kappa shape index (κ3) is 1.74. The standard InChI is InChI=1S/C14H18N2/c15-10-12-2-1-3-14-13(12)7-9-16(14)8-6-11-4-5-11/h1-3,7,9,11H,4-6,8,10,15H2. The van der Waals surface area contributed by atoms with Crippen LogP contribution in [0.4, 0.5) is 0 Å². The second-order valence-corrected chi connectivity index (χ2v) is 4.80. The lowest BCUT2D eigenvalue weighted by molar-refractivity contribution is 0.611. The number of nitrogens with two attached hydrogens (primary N) is 1. The lowest BCUT2D eigenvalue weighted by Crippen LogP contribution is -1.99. The molecule has 2 N–H and O–H groups in total. The van der Waals surface area contributed by atoms with Crippen LogP contribution < -0.4 is 5.73 Å². The van der Waals surface area contributed by atoms with Crippen molar-refractivity contribution in [1.82, 2.24) is 4.57 Å². The maximum absolute atomic E-state index is 5.75. The summed E-state index contributed by atoms with van der Waals surface area (Å²) in [5, 5.41) is 1.32. The van der Waals surface area contributed by atoms with Gasteiger partial charge in [-0.05, 0) is 30.0 Å². The monoisotopic (exact) mass is 214 g/mol. The number of hydrogen-bond acceptors (Lipinski definition) is 1. The topological polar surface area (TPSA) is 30.9 Å². The van der Waals surface area contributed by atoms with Crippen LogP contribution in [0.2, 0.25) is 0 Å². The molecule has 0 amide bonds. The van der Waals surface area contributed by atoms with Crippen molar-refractivity contribution in [1.29, 1.82) is 0 Å². The van der Waals surface area contributed by atoms with E-state index in [0.717, 1.165) is 12.5 Å². The highest BCUT2D eigenvalue weighted by Crippen LogP contribution is 2.33. The van der Waals surface area contributed by atoms with Crippen LogP contribution in [0.15, 0.2) is 30.5 Å². The highest BCUT2D eigenvalue weighted by Gasteiger charge is 2.20. The van der Waals surface area contributed by atoms with E-state index in [1.165, 1.54) is 35.7 Å². The molecule has 1 aromatic heterocycles. The molecule has 0 radical (unpaired) electrons. The summed E-state index contributed by atoms with van der Waals surface area (Å²) in [4.78, 5) is 0. The van der Waals surface area contributed by atoms with Crippen LogP contribution in [-0.4, -0.2) is 4.57 Å². The van der Waals surface area contributed by atoms with E-state index in [2.05, 4.69) is 35.0 Å².